The van der Waals surface area contributed by atoms with Crippen LogP contribution in [0, 0.1) is 19.8 Å². The number of benzene rings is 1. The summed E-state index contributed by atoms with van der Waals surface area (Å²) in [4.78, 5) is 15.4. The number of aryl methyl sites for hydroxylation is 2. The van der Waals surface area contributed by atoms with Crippen molar-refractivity contribution < 1.29 is 4.79 Å². The third-order valence-corrected chi connectivity index (χ3v) is 3.58. The Labute approximate surface area is 114 Å². The monoisotopic (exact) mass is 258 g/mol. The summed E-state index contributed by atoms with van der Waals surface area (Å²) >= 11 is 0. The predicted octanol–water partition coefficient (Wildman–Crippen LogP) is 3.56. The summed E-state index contributed by atoms with van der Waals surface area (Å²) in [5.41, 5.74) is 4.20. The molecule has 3 heteroatoms. The number of amides is 1. The number of hydrogen-bond acceptors (Lipinski definition) is 1. The number of carbonyl (C=O) groups is 1. The van der Waals surface area contributed by atoms with Gasteiger partial charge in [0, 0.05) is 28.7 Å². The van der Waals surface area contributed by atoms with Gasteiger partial charge in [0.2, 0.25) is 0 Å². The molecule has 19 heavy (non-hydrogen) atoms. The second kappa shape index (κ2) is 5.47. The van der Waals surface area contributed by atoms with E-state index in [4.69, 9.17) is 0 Å². The van der Waals surface area contributed by atoms with Crippen LogP contribution in [0.25, 0.3) is 10.9 Å². The molecule has 2 aromatic rings. The summed E-state index contributed by atoms with van der Waals surface area (Å²) in [6, 6.07) is 5.83. The van der Waals surface area contributed by atoms with Gasteiger partial charge >= 0.3 is 0 Å². The lowest BCUT2D eigenvalue weighted by Crippen LogP contribution is -2.25. The smallest absolute Gasteiger partial charge is 0.251 e. The molecule has 0 unspecified atom stereocenters. The molecular formula is C16H22N2O. The van der Waals surface area contributed by atoms with Crippen molar-refractivity contribution in [1.29, 1.82) is 0 Å². The van der Waals surface area contributed by atoms with Gasteiger partial charge in [-0.1, -0.05) is 13.8 Å². The fraction of sp³-hybridized carbons (Fsp3) is 0.438. The van der Waals surface area contributed by atoms with Gasteiger partial charge in [0.05, 0.1) is 0 Å². The molecule has 102 valence electrons. The molecule has 1 aromatic heterocycles. The van der Waals surface area contributed by atoms with Crippen molar-refractivity contribution in [2.24, 2.45) is 5.92 Å². The van der Waals surface area contributed by atoms with Gasteiger partial charge in [0.25, 0.3) is 5.91 Å². The van der Waals surface area contributed by atoms with E-state index in [1.54, 1.807) is 0 Å². The zero-order chi connectivity index (χ0) is 14.0. The minimum Gasteiger partial charge on any atom is -0.358 e. The molecule has 0 fully saturated rings. The molecule has 0 aliphatic rings. The number of fused-ring (bicyclic) bond motifs is 1. The lowest BCUT2D eigenvalue weighted by Gasteiger charge is -2.07. The summed E-state index contributed by atoms with van der Waals surface area (Å²) in [6.07, 6.45) is 1.01. The highest BCUT2D eigenvalue weighted by Crippen LogP contribution is 2.22. The Morgan fingerprint density at radius 1 is 1.32 bits per heavy atom. The number of aromatic amines is 1. The van der Waals surface area contributed by atoms with E-state index < -0.39 is 0 Å². The van der Waals surface area contributed by atoms with Crippen LogP contribution in [0.2, 0.25) is 0 Å². The van der Waals surface area contributed by atoms with Crippen LogP contribution in [-0.2, 0) is 0 Å². The Kier molecular flexibility index (Phi) is 3.93. The topological polar surface area (TPSA) is 44.9 Å². The molecule has 2 N–H and O–H groups in total. The van der Waals surface area contributed by atoms with Crippen LogP contribution >= 0.6 is 0 Å². The summed E-state index contributed by atoms with van der Waals surface area (Å²) in [7, 11) is 0. The first-order valence-corrected chi connectivity index (χ1v) is 6.86. The van der Waals surface area contributed by atoms with E-state index in [9.17, 15) is 4.79 Å². The highest BCUT2D eigenvalue weighted by atomic mass is 16.1. The van der Waals surface area contributed by atoms with Crippen LogP contribution in [0.1, 0.15) is 41.9 Å². The molecule has 1 amide bonds. The zero-order valence-electron chi connectivity index (χ0n) is 12.1. The lowest BCUT2D eigenvalue weighted by atomic mass is 10.1. The normalized spacial score (nSPS) is 11.2. The Balaban J connectivity index is 2.16. The minimum atomic E-state index is 0.0146. The highest BCUT2D eigenvalue weighted by Gasteiger charge is 2.09. The number of H-pyrrole nitrogens is 1. The largest absolute Gasteiger partial charge is 0.358 e. The van der Waals surface area contributed by atoms with Crippen LogP contribution in [0.4, 0.5) is 0 Å². The SMILES string of the molecule is Cc1[nH]c2ccc(C(=O)NCCC(C)C)cc2c1C. The molecule has 0 aliphatic carbocycles. The van der Waals surface area contributed by atoms with E-state index in [2.05, 4.69) is 38.0 Å². The summed E-state index contributed by atoms with van der Waals surface area (Å²) in [5, 5.41) is 4.11. The molecular weight excluding hydrogens is 236 g/mol. The Morgan fingerprint density at radius 3 is 2.74 bits per heavy atom. The van der Waals surface area contributed by atoms with Gasteiger partial charge < -0.3 is 10.3 Å². The molecule has 0 radical (unpaired) electrons. The first-order valence-electron chi connectivity index (χ1n) is 6.86. The first-order chi connectivity index (χ1) is 8.99. The van der Waals surface area contributed by atoms with E-state index in [0.29, 0.717) is 5.92 Å². The molecule has 1 heterocycles. The second-order valence-corrected chi connectivity index (χ2v) is 5.57. The van der Waals surface area contributed by atoms with E-state index in [-0.39, 0.29) is 5.91 Å². The van der Waals surface area contributed by atoms with Gasteiger partial charge in [-0.25, -0.2) is 0 Å². The standard InChI is InChI=1S/C16H22N2O/c1-10(2)7-8-17-16(19)13-5-6-15-14(9-13)11(3)12(4)18-15/h5-6,9-10,18H,7-8H2,1-4H3,(H,17,19). The van der Waals surface area contributed by atoms with Gasteiger partial charge in [0.15, 0.2) is 0 Å². The third kappa shape index (κ3) is 2.98. The predicted molar refractivity (Wildman–Crippen MR) is 79.6 cm³/mol. The van der Waals surface area contributed by atoms with Crippen molar-refractivity contribution >= 4 is 16.8 Å². The van der Waals surface area contributed by atoms with Gasteiger partial charge in [-0.2, -0.15) is 0 Å². The molecule has 3 nitrogen and oxygen atoms in total. The van der Waals surface area contributed by atoms with Crippen LogP contribution < -0.4 is 5.32 Å². The van der Waals surface area contributed by atoms with Crippen LogP contribution in [0.5, 0.6) is 0 Å². The van der Waals surface area contributed by atoms with E-state index in [1.165, 1.54) is 5.56 Å². The Hall–Kier alpha value is -1.77. The molecule has 0 spiro atoms. The van der Waals surface area contributed by atoms with E-state index in [1.807, 2.05) is 18.2 Å². The Morgan fingerprint density at radius 2 is 2.05 bits per heavy atom. The molecule has 0 saturated heterocycles. The minimum absolute atomic E-state index is 0.0146. The summed E-state index contributed by atoms with van der Waals surface area (Å²) in [5.74, 6) is 0.623. The second-order valence-electron chi connectivity index (χ2n) is 5.57. The number of carbonyl (C=O) groups excluding carboxylic acids is 1. The summed E-state index contributed by atoms with van der Waals surface area (Å²) < 4.78 is 0. The summed E-state index contributed by atoms with van der Waals surface area (Å²) in [6.45, 7) is 9.18. The Bertz CT molecular complexity index is 596. The van der Waals surface area contributed by atoms with Gasteiger partial charge in [0.1, 0.15) is 0 Å². The van der Waals surface area contributed by atoms with Crippen molar-refractivity contribution in [3.8, 4) is 0 Å². The van der Waals surface area contributed by atoms with Crippen molar-refractivity contribution in [1.82, 2.24) is 10.3 Å². The molecule has 2 rings (SSSR count). The number of aromatic nitrogens is 1. The van der Waals surface area contributed by atoms with Gasteiger partial charge in [-0.15, -0.1) is 0 Å². The lowest BCUT2D eigenvalue weighted by molar-refractivity contribution is 0.0952. The highest BCUT2D eigenvalue weighted by molar-refractivity contribution is 5.99. The van der Waals surface area contributed by atoms with Gasteiger partial charge in [-0.05, 0) is 49.9 Å². The van der Waals surface area contributed by atoms with Crippen molar-refractivity contribution in [3.05, 3.63) is 35.0 Å². The zero-order valence-corrected chi connectivity index (χ0v) is 12.1. The molecule has 0 saturated carbocycles. The quantitative estimate of drug-likeness (QED) is 0.865. The van der Waals surface area contributed by atoms with Gasteiger partial charge in [-0.3, -0.25) is 4.79 Å². The van der Waals surface area contributed by atoms with Crippen molar-refractivity contribution in [2.45, 2.75) is 34.1 Å². The number of hydrogen-bond donors (Lipinski definition) is 2. The average Bonchev–Trinajstić information content (AvgIpc) is 2.64. The van der Waals surface area contributed by atoms with E-state index >= 15 is 0 Å². The number of nitrogens with one attached hydrogen (secondary N) is 2. The van der Waals surface area contributed by atoms with Crippen LogP contribution in [-0.4, -0.2) is 17.4 Å². The third-order valence-electron chi connectivity index (χ3n) is 3.58. The van der Waals surface area contributed by atoms with Crippen LogP contribution in [0.15, 0.2) is 18.2 Å². The maximum Gasteiger partial charge on any atom is 0.251 e. The van der Waals surface area contributed by atoms with Crippen molar-refractivity contribution in [3.63, 3.8) is 0 Å². The molecule has 1 aromatic carbocycles. The maximum atomic E-state index is 12.1. The molecule has 0 aliphatic heterocycles. The fourth-order valence-electron chi connectivity index (χ4n) is 2.18. The first kappa shape index (κ1) is 13.7. The molecule has 0 bridgehead atoms. The van der Waals surface area contributed by atoms with Crippen molar-refractivity contribution in [2.75, 3.05) is 6.54 Å². The van der Waals surface area contributed by atoms with Crippen LogP contribution in [0.3, 0.4) is 0 Å². The maximum absolute atomic E-state index is 12.1. The number of rotatable bonds is 4. The van der Waals surface area contributed by atoms with E-state index in [0.717, 1.165) is 35.1 Å². The average molecular weight is 258 g/mol. The fourth-order valence-corrected chi connectivity index (χ4v) is 2.18. The molecule has 0 atom stereocenters.